The van der Waals surface area contributed by atoms with E-state index in [4.69, 9.17) is 4.74 Å². The number of amides is 3. The van der Waals surface area contributed by atoms with Crippen LogP contribution in [0.2, 0.25) is 0 Å². The molecule has 9 nitrogen and oxygen atoms in total. The summed E-state index contributed by atoms with van der Waals surface area (Å²) in [6.45, 7) is -0.240. The monoisotopic (exact) mass is 351 g/mol. The van der Waals surface area contributed by atoms with E-state index in [-0.39, 0.29) is 53.2 Å². The summed E-state index contributed by atoms with van der Waals surface area (Å²) in [7, 11) is 2.99. The molecule has 2 aliphatic rings. The Hall–Kier alpha value is -1.23. The number of nitrogens with zero attached hydrogens (tertiary/aromatic N) is 2. The topological polar surface area (TPSA) is 119 Å². The van der Waals surface area contributed by atoms with Gasteiger partial charge in [-0.05, 0) is 0 Å². The molecule has 0 aliphatic carbocycles. The number of nitrogens with one attached hydrogen (secondary N) is 1. The number of carboxylic acid groups (broad SMARTS) is 1. The van der Waals surface area contributed by atoms with Gasteiger partial charge in [0.2, 0.25) is 6.41 Å². The van der Waals surface area contributed by atoms with Gasteiger partial charge in [0, 0.05) is 25.4 Å². The molecule has 2 atom stereocenters. The van der Waals surface area contributed by atoms with E-state index in [1.807, 2.05) is 0 Å². The standard InChI is InChI=1S/C12H15N3O6S.Na/c1-14(2)12(20)21-3-6-4-22-10-7(13-5-16)9(17)15(10)8(6)11(18)19;/h5,7,10H,3-4H2,1-2H3,(H,13,16)(H,18,19);/q;+1/p-1/t7?,10-;/m1./s1. The Bertz CT molecular complexity index is 567. The number of thioether (sulfide) groups is 1. The van der Waals surface area contributed by atoms with E-state index in [9.17, 15) is 24.3 Å². The summed E-state index contributed by atoms with van der Waals surface area (Å²) in [4.78, 5) is 47.4. The van der Waals surface area contributed by atoms with E-state index < -0.39 is 29.4 Å². The molecule has 0 aromatic heterocycles. The van der Waals surface area contributed by atoms with Gasteiger partial charge in [-0.1, -0.05) is 0 Å². The Labute approximate surface area is 158 Å². The Balaban J connectivity index is 0.00000264. The molecule has 0 spiro atoms. The average molecular weight is 351 g/mol. The number of hydrogen-bond donors (Lipinski definition) is 1. The molecular formula is C12H14N3NaO6S. The number of fused-ring (bicyclic) bond motifs is 1. The maximum absolute atomic E-state index is 11.9. The third kappa shape index (κ3) is 3.82. The van der Waals surface area contributed by atoms with Crippen molar-refractivity contribution in [2.45, 2.75) is 11.4 Å². The van der Waals surface area contributed by atoms with Gasteiger partial charge in [0.15, 0.2) is 0 Å². The fourth-order valence-corrected chi connectivity index (χ4v) is 3.49. The summed E-state index contributed by atoms with van der Waals surface area (Å²) in [6.07, 6.45) is -0.218. The first kappa shape index (κ1) is 19.8. The molecule has 1 saturated heterocycles. The molecule has 0 saturated carbocycles. The van der Waals surface area contributed by atoms with E-state index in [1.165, 1.54) is 30.8 Å². The van der Waals surface area contributed by atoms with Crippen LogP contribution < -0.4 is 40.0 Å². The van der Waals surface area contributed by atoms with Crippen molar-refractivity contribution in [3.8, 4) is 0 Å². The van der Waals surface area contributed by atoms with Crippen molar-refractivity contribution >= 4 is 36.1 Å². The molecule has 0 radical (unpaired) electrons. The maximum Gasteiger partial charge on any atom is 1.00 e. The van der Waals surface area contributed by atoms with Gasteiger partial charge in [-0.25, -0.2) is 4.79 Å². The minimum absolute atomic E-state index is 0. The van der Waals surface area contributed by atoms with Crippen LogP contribution in [0.15, 0.2) is 11.3 Å². The van der Waals surface area contributed by atoms with Crippen molar-refractivity contribution in [1.29, 1.82) is 0 Å². The maximum atomic E-state index is 11.9. The third-order valence-electron chi connectivity index (χ3n) is 3.22. The second-order valence-electron chi connectivity index (χ2n) is 4.86. The largest absolute Gasteiger partial charge is 1.00 e. The molecule has 1 fully saturated rings. The Morgan fingerprint density at radius 1 is 1.52 bits per heavy atom. The molecule has 1 unspecified atom stereocenters. The number of ether oxygens (including phenoxy) is 1. The van der Waals surface area contributed by atoms with Gasteiger partial charge in [0.1, 0.15) is 18.0 Å². The molecule has 3 amide bonds. The van der Waals surface area contributed by atoms with Crippen LogP contribution in [0.5, 0.6) is 0 Å². The van der Waals surface area contributed by atoms with Gasteiger partial charge in [0.25, 0.3) is 5.91 Å². The average Bonchev–Trinajstić information content (AvgIpc) is 2.48. The first-order valence-corrected chi connectivity index (χ1v) is 7.35. The van der Waals surface area contributed by atoms with Crippen LogP contribution in [0.1, 0.15) is 0 Å². The van der Waals surface area contributed by atoms with Gasteiger partial charge in [0.05, 0.1) is 11.7 Å². The fourth-order valence-electron chi connectivity index (χ4n) is 2.15. The van der Waals surface area contributed by atoms with Gasteiger partial charge >= 0.3 is 35.7 Å². The number of rotatable bonds is 5. The SMILES string of the molecule is CN(C)C(=O)OCC1=C(C(=O)[O-])N2C(=O)C(NC=O)[C@H]2SC1.[Na+]. The van der Waals surface area contributed by atoms with Crippen LogP contribution in [0.3, 0.4) is 0 Å². The first-order valence-electron chi connectivity index (χ1n) is 6.30. The predicted molar refractivity (Wildman–Crippen MR) is 73.1 cm³/mol. The third-order valence-corrected chi connectivity index (χ3v) is 4.56. The molecule has 23 heavy (non-hydrogen) atoms. The molecule has 2 heterocycles. The van der Waals surface area contributed by atoms with Crippen molar-refractivity contribution < 1.29 is 58.6 Å². The molecule has 1 N–H and O–H groups in total. The number of aliphatic carboxylic acids is 1. The molecular weight excluding hydrogens is 337 g/mol. The van der Waals surface area contributed by atoms with Crippen molar-refractivity contribution in [2.24, 2.45) is 0 Å². The minimum Gasteiger partial charge on any atom is -0.543 e. The van der Waals surface area contributed by atoms with E-state index in [1.54, 1.807) is 0 Å². The summed E-state index contributed by atoms with van der Waals surface area (Å²) >= 11 is 1.28. The minimum atomic E-state index is -1.51. The normalized spacial score (nSPS) is 22.3. The zero-order chi connectivity index (χ0) is 16.4. The first-order chi connectivity index (χ1) is 10.4. The van der Waals surface area contributed by atoms with Gasteiger partial charge in [-0.3, -0.25) is 14.5 Å². The van der Waals surface area contributed by atoms with Crippen molar-refractivity contribution in [3.05, 3.63) is 11.3 Å². The zero-order valence-electron chi connectivity index (χ0n) is 12.9. The molecule has 0 aromatic rings. The molecule has 2 rings (SSSR count). The van der Waals surface area contributed by atoms with Crippen LogP contribution >= 0.6 is 11.8 Å². The van der Waals surface area contributed by atoms with Crippen LogP contribution in [0.4, 0.5) is 4.79 Å². The number of carboxylic acids is 1. The van der Waals surface area contributed by atoms with Crippen LogP contribution in [-0.2, 0) is 19.1 Å². The van der Waals surface area contributed by atoms with Crippen molar-refractivity contribution in [2.75, 3.05) is 26.5 Å². The summed E-state index contributed by atoms with van der Waals surface area (Å²) in [6, 6.07) is -0.747. The summed E-state index contributed by atoms with van der Waals surface area (Å²) in [5, 5.41) is 13.2. The number of β-lactam (4-membered cyclic amide) rings is 1. The number of carbonyl (C=O) groups is 4. The second kappa shape index (κ2) is 8.04. The predicted octanol–water partition coefficient (Wildman–Crippen LogP) is -5.28. The Morgan fingerprint density at radius 2 is 2.17 bits per heavy atom. The van der Waals surface area contributed by atoms with Crippen LogP contribution in [-0.4, -0.2) is 72.1 Å². The van der Waals surface area contributed by atoms with Crippen molar-refractivity contribution in [3.63, 3.8) is 0 Å². The molecule has 120 valence electrons. The number of carbonyl (C=O) groups excluding carboxylic acids is 4. The van der Waals surface area contributed by atoms with E-state index in [0.717, 1.165) is 4.90 Å². The molecule has 11 heteroatoms. The smallest absolute Gasteiger partial charge is 0.543 e. The van der Waals surface area contributed by atoms with E-state index in [2.05, 4.69) is 5.32 Å². The molecule has 0 bridgehead atoms. The van der Waals surface area contributed by atoms with Crippen LogP contribution in [0.25, 0.3) is 0 Å². The summed E-state index contributed by atoms with van der Waals surface area (Å²) in [5.74, 6) is -1.78. The summed E-state index contributed by atoms with van der Waals surface area (Å²) < 4.78 is 4.96. The van der Waals surface area contributed by atoms with Gasteiger partial charge in [-0.15, -0.1) is 11.8 Å². The van der Waals surface area contributed by atoms with Gasteiger partial charge in [-0.2, -0.15) is 0 Å². The van der Waals surface area contributed by atoms with E-state index >= 15 is 0 Å². The van der Waals surface area contributed by atoms with E-state index in [0.29, 0.717) is 6.41 Å². The quantitative estimate of drug-likeness (QED) is 0.299. The molecule has 0 aromatic carbocycles. The summed E-state index contributed by atoms with van der Waals surface area (Å²) in [5.41, 5.74) is -0.00129. The second-order valence-corrected chi connectivity index (χ2v) is 5.97. The van der Waals surface area contributed by atoms with Gasteiger partial charge < -0.3 is 24.9 Å². The Morgan fingerprint density at radius 3 is 2.70 bits per heavy atom. The number of hydrogen-bond acceptors (Lipinski definition) is 7. The van der Waals surface area contributed by atoms with Crippen molar-refractivity contribution in [1.82, 2.24) is 15.1 Å². The van der Waals surface area contributed by atoms with Crippen LogP contribution in [0, 0.1) is 0 Å². The fraction of sp³-hybridized carbons (Fsp3) is 0.500. The Kier molecular flexibility index (Phi) is 6.93. The molecule has 2 aliphatic heterocycles. The zero-order valence-corrected chi connectivity index (χ0v) is 15.7.